The van der Waals surface area contributed by atoms with Crippen molar-refractivity contribution >= 4 is 75.1 Å². The molecular weight excluding hydrogens is 721 g/mol. The second-order valence-corrected chi connectivity index (χ2v) is 16.6. The standard InChI is InChI=1S/C55H34N2S/c1-3-17-35(18-4-1)55(36-19-5-2-6-20-36)43-26-12-7-21-37(43)42-31-33-49(56-45-27-13-8-22-38(45)39-23-9-14-28-46(39)56)53-51(42)52-44(55)32-34-50(54(52)58-53)57-47-29-15-10-24-40(47)41-25-11-16-30-48(41)57/h1-34H. The Kier molecular flexibility index (Phi) is 6.56. The molecule has 0 bridgehead atoms. The molecule has 1 aliphatic rings. The van der Waals surface area contributed by atoms with Crippen LogP contribution in [0.25, 0.3) is 86.3 Å². The monoisotopic (exact) mass is 754 g/mol. The lowest BCUT2D eigenvalue weighted by Crippen LogP contribution is -2.31. The summed E-state index contributed by atoms with van der Waals surface area (Å²) < 4.78 is 7.61. The minimum Gasteiger partial charge on any atom is -0.308 e. The molecule has 2 nitrogen and oxygen atoms in total. The van der Waals surface area contributed by atoms with Gasteiger partial charge in [0.05, 0.1) is 48.3 Å². The Morgan fingerprint density at radius 1 is 0.310 bits per heavy atom. The van der Waals surface area contributed by atoms with Crippen LogP contribution in [-0.4, -0.2) is 9.13 Å². The quantitative estimate of drug-likeness (QED) is 0.169. The van der Waals surface area contributed by atoms with E-state index in [-0.39, 0.29) is 0 Å². The Labute approximate surface area is 339 Å². The Hall–Kier alpha value is -7.20. The zero-order valence-electron chi connectivity index (χ0n) is 31.4. The van der Waals surface area contributed by atoms with Crippen molar-refractivity contribution in [1.82, 2.24) is 9.13 Å². The molecule has 0 saturated carbocycles. The highest BCUT2D eigenvalue weighted by Crippen LogP contribution is 2.58. The molecule has 0 fully saturated rings. The van der Waals surface area contributed by atoms with Gasteiger partial charge in [0.1, 0.15) is 0 Å². The molecule has 1 aliphatic carbocycles. The highest BCUT2D eigenvalue weighted by atomic mass is 32.1. The fraction of sp³-hybridized carbons (Fsp3) is 0.0182. The first kappa shape index (κ1) is 31.9. The molecule has 58 heavy (non-hydrogen) atoms. The Balaban J connectivity index is 1.28. The van der Waals surface area contributed by atoms with E-state index in [1.807, 2.05) is 11.3 Å². The van der Waals surface area contributed by atoms with E-state index >= 15 is 0 Å². The average Bonchev–Trinajstić information content (AvgIpc) is 3.94. The Morgan fingerprint density at radius 3 is 1.24 bits per heavy atom. The van der Waals surface area contributed by atoms with Crippen LogP contribution in [0.15, 0.2) is 206 Å². The third-order valence-electron chi connectivity index (χ3n) is 12.8. The Bertz CT molecular complexity index is 3480. The highest BCUT2D eigenvalue weighted by molar-refractivity contribution is 7.26. The summed E-state index contributed by atoms with van der Waals surface area (Å²) in [6.45, 7) is 0. The maximum absolute atomic E-state index is 2.52. The van der Waals surface area contributed by atoms with Crippen molar-refractivity contribution in [3.63, 3.8) is 0 Å². The number of rotatable bonds is 4. The van der Waals surface area contributed by atoms with Gasteiger partial charge in [-0.25, -0.2) is 0 Å². The summed E-state index contributed by atoms with van der Waals surface area (Å²) in [4.78, 5) is 0. The first-order valence-electron chi connectivity index (χ1n) is 20.0. The van der Waals surface area contributed by atoms with Gasteiger partial charge in [-0.2, -0.15) is 0 Å². The minimum atomic E-state index is -0.600. The fourth-order valence-electron chi connectivity index (χ4n) is 10.6. The normalized spacial score (nSPS) is 13.3. The Morgan fingerprint density at radius 2 is 0.724 bits per heavy atom. The molecule has 13 rings (SSSR count). The third-order valence-corrected chi connectivity index (χ3v) is 14.0. The summed E-state index contributed by atoms with van der Waals surface area (Å²) in [5.74, 6) is 0. The lowest BCUT2D eigenvalue weighted by molar-refractivity contribution is 0.756. The zero-order valence-corrected chi connectivity index (χ0v) is 32.2. The van der Waals surface area contributed by atoms with Crippen LogP contribution in [0.5, 0.6) is 0 Å². The van der Waals surface area contributed by atoms with Crippen LogP contribution in [0, 0.1) is 0 Å². The number of benzene rings is 9. The van der Waals surface area contributed by atoms with Crippen LogP contribution >= 0.6 is 11.3 Å². The molecule has 0 aliphatic heterocycles. The first-order valence-corrected chi connectivity index (χ1v) is 20.8. The van der Waals surface area contributed by atoms with E-state index in [1.54, 1.807) is 0 Å². The van der Waals surface area contributed by atoms with Crippen LogP contribution in [0.3, 0.4) is 0 Å². The summed E-state index contributed by atoms with van der Waals surface area (Å²) in [6, 6.07) is 76.8. The summed E-state index contributed by atoms with van der Waals surface area (Å²) >= 11 is 1.95. The number of hydrogen-bond acceptors (Lipinski definition) is 1. The van der Waals surface area contributed by atoms with E-state index in [4.69, 9.17) is 0 Å². The minimum absolute atomic E-state index is 0.600. The van der Waals surface area contributed by atoms with Crippen LogP contribution in [0.1, 0.15) is 22.3 Å². The highest BCUT2D eigenvalue weighted by Gasteiger charge is 2.44. The predicted molar refractivity (Wildman–Crippen MR) is 245 cm³/mol. The van der Waals surface area contributed by atoms with Crippen LogP contribution in [-0.2, 0) is 5.41 Å². The lowest BCUT2D eigenvalue weighted by Gasteiger charge is -2.38. The predicted octanol–water partition coefficient (Wildman–Crippen LogP) is 14.6. The van der Waals surface area contributed by atoms with Crippen LogP contribution < -0.4 is 0 Å². The SMILES string of the molecule is c1ccc(C2(c3ccccc3)c3ccccc3-c3ccc(-n4c5ccccc5c5ccccc54)c4sc5c(-n6c7ccccc7c7ccccc76)ccc2c5c34)cc1. The lowest BCUT2D eigenvalue weighted by atomic mass is 9.64. The van der Waals surface area contributed by atoms with Gasteiger partial charge < -0.3 is 9.13 Å². The van der Waals surface area contributed by atoms with Gasteiger partial charge in [0.25, 0.3) is 0 Å². The molecule has 3 heteroatoms. The van der Waals surface area contributed by atoms with E-state index in [1.165, 1.54) is 109 Å². The maximum atomic E-state index is 2.52. The largest absolute Gasteiger partial charge is 0.308 e. The summed E-state index contributed by atoms with van der Waals surface area (Å²) in [5.41, 5.74) is 14.3. The topological polar surface area (TPSA) is 9.86 Å². The number of hydrogen-bond donors (Lipinski definition) is 0. The van der Waals surface area contributed by atoms with Crippen molar-refractivity contribution in [1.29, 1.82) is 0 Å². The third kappa shape index (κ3) is 4.06. The number of fused-ring (bicyclic) bond motifs is 8. The van der Waals surface area contributed by atoms with Crippen molar-refractivity contribution in [3.8, 4) is 22.5 Å². The van der Waals surface area contributed by atoms with E-state index in [2.05, 4.69) is 215 Å². The van der Waals surface area contributed by atoms with Crippen LogP contribution in [0.4, 0.5) is 0 Å². The molecule has 270 valence electrons. The van der Waals surface area contributed by atoms with Crippen LogP contribution in [0.2, 0.25) is 0 Å². The summed E-state index contributed by atoms with van der Waals surface area (Å²) in [7, 11) is 0. The number of para-hydroxylation sites is 4. The van der Waals surface area contributed by atoms with E-state index in [0.717, 1.165) is 0 Å². The van der Waals surface area contributed by atoms with Crippen molar-refractivity contribution in [2.75, 3.05) is 0 Å². The number of thiophene rings is 1. The molecule has 0 radical (unpaired) electrons. The van der Waals surface area contributed by atoms with Gasteiger partial charge in [0.2, 0.25) is 0 Å². The molecule has 12 aromatic rings. The second-order valence-electron chi connectivity index (χ2n) is 15.5. The van der Waals surface area contributed by atoms with Crippen molar-refractivity contribution in [2.45, 2.75) is 5.41 Å². The smallest absolute Gasteiger partial charge is 0.0714 e. The van der Waals surface area contributed by atoms with E-state index in [0.29, 0.717) is 0 Å². The first-order chi connectivity index (χ1) is 28.8. The summed E-state index contributed by atoms with van der Waals surface area (Å²) in [5, 5.41) is 7.71. The van der Waals surface area contributed by atoms with Crippen molar-refractivity contribution in [2.24, 2.45) is 0 Å². The molecule has 9 aromatic carbocycles. The number of nitrogens with zero attached hydrogens (tertiary/aromatic N) is 2. The molecule has 0 unspecified atom stereocenters. The van der Waals surface area contributed by atoms with Gasteiger partial charge in [0.15, 0.2) is 0 Å². The number of aromatic nitrogens is 2. The van der Waals surface area contributed by atoms with Gasteiger partial charge in [-0.15, -0.1) is 11.3 Å². The van der Waals surface area contributed by atoms with E-state index < -0.39 is 5.41 Å². The zero-order chi connectivity index (χ0) is 38.0. The molecule has 3 heterocycles. The van der Waals surface area contributed by atoms with Gasteiger partial charge in [-0.05, 0) is 69.8 Å². The van der Waals surface area contributed by atoms with Gasteiger partial charge in [0, 0.05) is 32.3 Å². The fourth-order valence-corrected chi connectivity index (χ4v) is 11.9. The molecule has 0 saturated heterocycles. The van der Waals surface area contributed by atoms with Gasteiger partial charge in [-0.1, -0.05) is 170 Å². The maximum Gasteiger partial charge on any atom is 0.0714 e. The van der Waals surface area contributed by atoms with Crippen molar-refractivity contribution in [3.05, 3.63) is 229 Å². The molecule has 0 atom stereocenters. The van der Waals surface area contributed by atoms with E-state index in [9.17, 15) is 0 Å². The second kappa shape index (κ2) is 11.9. The molecule has 0 amide bonds. The molecular formula is C55H34N2S. The molecule has 0 spiro atoms. The average molecular weight is 755 g/mol. The molecule has 3 aromatic heterocycles. The summed E-state index contributed by atoms with van der Waals surface area (Å²) in [6.07, 6.45) is 0. The molecule has 0 N–H and O–H groups in total. The van der Waals surface area contributed by atoms with Gasteiger partial charge in [-0.3, -0.25) is 0 Å². The van der Waals surface area contributed by atoms with Crippen molar-refractivity contribution < 1.29 is 0 Å². The van der Waals surface area contributed by atoms with Gasteiger partial charge >= 0.3 is 0 Å².